The van der Waals surface area contributed by atoms with Gasteiger partial charge in [-0.3, -0.25) is 4.79 Å². The summed E-state index contributed by atoms with van der Waals surface area (Å²) in [4.78, 5) is 12.3. The van der Waals surface area contributed by atoms with Gasteiger partial charge in [0.15, 0.2) is 0 Å². The second-order valence-electron chi connectivity index (χ2n) is 4.72. The smallest absolute Gasteiger partial charge is 0.255 e. The van der Waals surface area contributed by atoms with Crippen LogP contribution in [0.1, 0.15) is 27.0 Å². The zero-order chi connectivity index (χ0) is 14.0. The lowest BCUT2D eigenvalue weighted by Crippen LogP contribution is -2.13. The molecular formula is C16H16ClNO. The van der Waals surface area contributed by atoms with Crippen molar-refractivity contribution < 1.29 is 4.79 Å². The summed E-state index contributed by atoms with van der Waals surface area (Å²) in [5.41, 5.74) is 4.68. The van der Waals surface area contributed by atoms with Crippen LogP contribution in [0.2, 0.25) is 5.02 Å². The van der Waals surface area contributed by atoms with Crippen LogP contribution in [0.5, 0.6) is 0 Å². The van der Waals surface area contributed by atoms with Gasteiger partial charge < -0.3 is 5.32 Å². The predicted molar refractivity (Wildman–Crippen MR) is 80.1 cm³/mol. The van der Waals surface area contributed by atoms with Crippen LogP contribution in [0, 0.1) is 20.8 Å². The first kappa shape index (κ1) is 13.6. The Labute approximate surface area is 118 Å². The highest BCUT2D eigenvalue weighted by molar-refractivity contribution is 6.31. The van der Waals surface area contributed by atoms with E-state index in [2.05, 4.69) is 5.32 Å². The molecule has 0 aliphatic heterocycles. The van der Waals surface area contributed by atoms with Crippen molar-refractivity contribution in [2.24, 2.45) is 0 Å². The fourth-order valence-corrected chi connectivity index (χ4v) is 2.16. The molecule has 1 N–H and O–H groups in total. The summed E-state index contributed by atoms with van der Waals surface area (Å²) >= 11 is 5.90. The minimum absolute atomic E-state index is 0.108. The Morgan fingerprint density at radius 1 is 1.00 bits per heavy atom. The van der Waals surface area contributed by atoms with Crippen molar-refractivity contribution in [2.45, 2.75) is 20.8 Å². The van der Waals surface area contributed by atoms with Crippen LogP contribution in [0.15, 0.2) is 36.4 Å². The Balaban J connectivity index is 2.28. The van der Waals surface area contributed by atoms with Crippen molar-refractivity contribution in [3.05, 3.63) is 63.7 Å². The normalized spacial score (nSPS) is 10.3. The van der Waals surface area contributed by atoms with Crippen LogP contribution >= 0.6 is 11.6 Å². The lowest BCUT2D eigenvalue weighted by atomic mass is 10.0. The van der Waals surface area contributed by atoms with Crippen molar-refractivity contribution in [1.29, 1.82) is 0 Å². The summed E-state index contributed by atoms with van der Waals surface area (Å²) in [6.45, 7) is 5.99. The monoisotopic (exact) mass is 273 g/mol. The maximum Gasteiger partial charge on any atom is 0.255 e. The van der Waals surface area contributed by atoms with Gasteiger partial charge in [0.25, 0.3) is 5.91 Å². The fourth-order valence-electron chi connectivity index (χ4n) is 1.97. The summed E-state index contributed by atoms with van der Waals surface area (Å²) in [5.74, 6) is -0.108. The molecule has 0 aliphatic carbocycles. The number of aryl methyl sites for hydroxylation is 3. The van der Waals surface area contributed by atoms with Crippen molar-refractivity contribution >= 4 is 23.2 Å². The van der Waals surface area contributed by atoms with E-state index in [1.54, 1.807) is 12.1 Å². The predicted octanol–water partition coefficient (Wildman–Crippen LogP) is 4.52. The van der Waals surface area contributed by atoms with Gasteiger partial charge in [-0.25, -0.2) is 0 Å². The van der Waals surface area contributed by atoms with Crippen LogP contribution in [0.3, 0.4) is 0 Å². The number of carbonyl (C=O) groups is 1. The van der Waals surface area contributed by atoms with E-state index < -0.39 is 0 Å². The van der Waals surface area contributed by atoms with Crippen molar-refractivity contribution in [1.82, 2.24) is 0 Å². The molecule has 2 aromatic rings. The van der Waals surface area contributed by atoms with Crippen LogP contribution < -0.4 is 5.32 Å². The average molecular weight is 274 g/mol. The van der Waals surface area contributed by atoms with Crippen LogP contribution in [0.25, 0.3) is 0 Å². The van der Waals surface area contributed by atoms with Crippen LogP contribution in [-0.2, 0) is 0 Å². The Morgan fingerprint density at radius 3 is 2.37 bits per heavy atom. The number of anilines is 1. The first-order valence-electron chi connectivity index (χ1n) is 6.12. The minimum Gasteiger partial charge on any atom is -0.322 e. The number of benzene rings is 2. The highest BCUT2D eigenvalue weighted by Gasteiger charge is 2.11. The molecule has 2 rings (SSSR count). The lowest BCUT2D eigenvalue weighted by molar-refractivity contribution is 0.102. The summed E-state index contributed by atoms with van der Waals surface area (Å²) in [6, 6.07) is 11.1. The number of hydrogen-bond donors (Lipinski definition) is 1. The number of carbonyl (C=O) groups excluding carboxylic acids is 1. The molecule has 0 saturated heterocycles. The minimum atomic E-state index is -0.108. The molecule has 0 heterocycles. The fraction of sp³-hybridized carbons (Fsp3) is 0.188. The zero-order valence-corrected chi connectivity index (χ0v) is 12.0. The van der Waals surface area contributed by atoms with Crippen LogP contribution in [-0.4, -0.2) is 5.91 Å². The quantitative estimate of drug-likeness (QED) is 0.856. The Hall–Kier alpha value is -1.80. The molecular weight excluding hydrogens is 258 g/mol. The molecule has 19 heavy (non-hydrogen) atoms. The highest BCUT2D eigenvalue weighted by Crippen LogP contribution is 2.19. The molecule has 0 atom stereocenters. The van der Waals surface area contributed by atoms with Gasteiger partial charge in [-0.1, -0.05) is 23.7 Å². The first-order valence-corrected chi connectivity index (χ1v) is 6.50. The van der Waals surface area contributed by atoms with Gasteiger partial charge in [0.05, 0.1) is 0 Å². The number of halogens is 1. The van der Waals surface area contributed by atoms with Crippen molar-refractivity contribution in [2.75, 3.05) is 5.32 Å². The third-order valence-electron chi connectivity index (χ3n) is 3.17. The van der Waals surface area contributed by atoms with E-state index >= 15 is 0 Å². The highest BCUT2D eigenvalue weighted by atomic mass is 35.5. The summed E-state index contributed by atoms with van der Waals surface area (Å²) in [5, 5.41) is 3.47. The van der Waals surface area contributed by atoms with Gasteiger partial charge in [0.2, 0.25) is 0 Å². The molecule has 0 bridgehead atoms. The zero-order valence-electron chi connectivity index (χ0n) is 11.3. The van der Waals surface area contributed by atoms with Crippen LogP contribution in [0.4, 0.5) is 5.69 Å². The van der Waals surface area contributed by atoms with Crippen molar-refractivity contribution in [3.63, 3.8) is 0 Å². The summed E-state index contributed by atoms with van der Waals surface area (Å²) < 4.78 is 0. The van der Waals surface area contributed by atoms with E-state index in [1.807, 2.05) is 45.0 Å². The summed E-state index contributed by atoms with van der Waals surface area (Å²) in [7, 11) is 0. The SMILES string of the molecule is Cc1cc(C)c(C(=O)Nc2cccc(Cl)c2)cc1C. The number of nitrogens with one attached hydrogen (secondary N) is 1. The number of rotatable bonds is 2. The second kappa shape index (κ2) is 5.45. The van der Waals surface area contributed by atoms with E-state index in [-0.39, 0.29) is 5.91 Å². The molecule has 0 radical (unpaired) electrons. The molecule has 2 nitrogen and oxygen atoms in total. The standard InChI is InChI=1S/C16H16ClNO/c1-10-7-12(3)15(8-11(10)2)16(19)18-14-6-4-5-13(17)9-14/h4-9H,1-3H3,(H,18,19). The van der Waals surface area contributed by atoms with E-state index in [1.165, 1.54) is 5.56 Å². The lowest BCUT2D eigenvalue weighted by Gasteiger charge is -2.10. The molecule has 0 saturated carbocycles. The van der Waals surface area contributed by atoms with Gasteiger partial charge in [0.1, 0.15) is 0 Å². The molecule has 98 valence electrons. The van der Waals surface area contributed by atoms with Gasteiger partial charge in [-0.2, -0.15) is 0 Å². The van der Waals surface area contributed by atoms with E-state index in [4.69, 9.17) is 11.6 Å². The molecule has 3 heteroatoms. The topological polar surface area (TPSA) is 29.1 Å². The largest absolute Gasteiger partial charge is 0.322 e. The maximum absolute atomic E-state index is 12.3. The molecule has 0 aliphatic rings. The third-order valence-corrected chi connectivity index (χ3v) is 3.40. The molecule has 0 fully saturated rings. The average Bonchev–Trinajstić information content (AvgIpc) is 2.33. The number of hydrogen-bond acceptors (Lipinski definition) is 1. The second-order valence-corrected chi connectivity index (χ2v) is 5.15. The summed E-state index contributed by atoms with van der Waals surface area (Å²) in [6.07, 6.45) is 0. The Bertz CT molecular complexity index is 635. The molecule has 2 aromatic carbocycles. The Morgan fingerprint density at radius 2 is 1.68 bits per heavy atom. The van der Waals surface area contributed by atoms with Gasteiger partial charge in [-0.05, 0) is 61.7 Å². The molecule has 1 amide bonds. The third kappa shape index (κ3) is 3.15. The molecule has 0 aromatic heterocycles. The van der Waals surface area contributed by atoms with Crippen molar-refractivity contribution in [3.8, 4) is 0 Å². The van der Waals surface area contributed by atoms with E-state index in [0.717, 1.165) is 11.1 Å². The molecule has 0 spiro atoms. The maximum atomic E-state index is 12.3. The van der Waals surface area contributed by atoms with E-state index in [0.29, 0.717) is 16.3 Å². The number of amides is 1. The first-order chi connectivity index (χ1) is 8.97. The Kier molecular flexibility index (Phi) is 3.91. The van der Waals surface area contributed by atoms with Gasteiger partial charge in [-0.15, -0.1) is 0 Å². The van der Waals surface area contributed by atoms with E-state index in [9.17, 15) is 4.79 Å². The van der Waals surface area contributed by atoms with Gasteiger partial charge in [0, 0.05) is 16.3 Å². The van der Waals surface area contributed by atoms with Gasteiger partial charge >= 0.3 is 0 Å². The molecule has 0 unspecified atom stereocenters.